The molecule has 1 aliphatic heterocycles. The summed E-state index contributed by atoms with van der Waals surface area (Å²) in [6.07, 6.45) is 1.86. The third kappa shape index (κ3) is 4.92. The van der Waals surface area contributed by atoms with Gasteiger partial charge in [-0.25, -0.2) is 0 Å². The maximum atomic E-state index is 13.6. The Morgan fingerprint density at radius 2 is 1.77 bits per heavy atom. The normalized spacial score (nSPS) is 14.9. The number of amides is 1. The van der Waals surface area contributed by atoms with Gasteiger partial charge in [-0.2, -0.15) is 11.3 Å². The molecule has 0 aliphatic carbocycles. The summed E-state index contributed by atoms with van der Waals surface area (Å²) in [5.41, 5.74) is 2.89. The van der Waals surface area contributed by atoms with Crippen molar-refractivity contribution in [2.24, 2.45) is 0 Å². The molecule has 162 valence electrons. The first-order valence-corrected chi connectivity index (χ1v) is 11.5. The molecule has 0 radical (unpaired) electrons. The zero-order chi connectivity index (χ0) is 21.6. The molecule has 6 heteroatoms. The fourth-order valence-electron chi connectivity index (χ4n) is 4.16. The molecule has 0 saturated carbocycles. The summed E-state index contributed by atoms with van der Waals surface area (Å²) >= 11 is 1.74. The zero-order valence-electron chi connectivity index (χ0n) is 18.0. The average molecular weight is 437 g/mol. The lowest BCUT2D eigenvalue weighted by molar-refractivity contribution is 0.0958. The number of carbonyl (C=O) groups is 1. The van der Waals surface area contributed by atoms with Crippen LogP contribution in [0.4, 0.5) is 5.69 Å². The highest BCUT2D eigenvalue weighted by Crippen LogP contribution is 2.34. The number of hydrogen-bond donors (Lipinski definition) is 0. The highest BCUT2D eigenvalue weighted by molar-refractivity contribution is 7.07. The minimum atomic E-state index is 0.0177. The number of nitrogens with zero attached hydrogens (tertiary/aromatic N) is 2. The maximum Gasteiger partial charge on any atom is 0.258 e. The quantitative estimate of drug-likeness (QED) is 0.518. The van der Waals surface area contributed by atoms with E-state index in [0.717, 1.165) is 38.2 Å². The highest BCUT2D eigenvalue weighted by atomic mass is 32.1. The van der Waals surface area contributed by atoms with E-state index in [4.69, 9.17) is 9.47 Å². The topological polar surface area (TPSA) is 42.0 Å². The molecule has 2 aromatic carbocycles. The zero-order valence-corrected chi connectivity index (χ0v) is 18.8. The molecule has 1 aromatic heterocycles. The summed E-state index contributed by atoms with van der Waals surface area (Å²) in [5.74, 6) is 1.30. The van der Waals surface area contributed by atoms with Crippen LogP contribution in [0, 0.1) is 0 Å². The Morgan fingerprint density at radius 3 is 2.42 bits per heavy atom. The molecular weight excluding hydrogens is 408 g/mol. The molecule has 4 rings (SSSR count). The van der Waals surface area contributed by atoms with Gasteiger partial charge in [0.1, 0.15) is 0 Å². The Bertz CT molecular complexity index is 983. The molecule has 0 atom stereocenters. The van der Waals surface area contributed by atoms with Gasteiger partial charge in [0, 0.05) is 43.0 Å². The fraction of sp³-hybridized carbons (Fsp3) is 0.320. The van der Waals surface area contributed by atoms with E-state index in [9.17, 15) is 4.79 Å². The molecule has 1 fully saturated rings. The molecule has 0 unspecified atom stereocenters. The Balaban J connectivity index is 1.58. The van der Waals surface area contributed by atoms with Crippen LogP contribution < -0.4 is 14.4 Å². The van der Waals surface area contributed by atoms with Crippen LogP contribution in [0.15, 0.2) is 65.4 Å². The van der Waals surface area contributed by atoms with Crippen molar-refractivity contribution in [1.29, 1.82) is 0 Å². The van der Waals surface area contributed by atoms with E-state index in [-0.39, 0.29) is 11.9 Å². The molecule has 31 heavy (non-hydrogen) atoms. The summed E-state index contributed by atoms with van der Waals surface area (Å²) in [4.78, 5) is 18.0. The number of piperidine rings is 1. The van der Waals surface area contributed by atoms with Gasteiger partial charge < -0.3 is 14.4 Å². The lowest BCUT2D eigenvalue weighted by atomic mass is 10.00. The second kappa shape index (κ2) is 9.98. The van der Waals surface area contributed by atoms with Crippen LogP contribution in [0.2, 0.25) is 0 Å². The predicted molar refractivity (Wildman–Crippen MR) is 125 cm³/mol. The predicted octanol–water partition coefficient (Wildman–Crippen LogP) is 5.08. The summed E-state index contributed by atoms with van der Waals surface area (Å²) in [6.45, 7) is 2.90. The minimum Gasteiger partial charge on any atom is -0.493 e. The molecule has 3 aromatic rings. The molecule has 0 spiro atoms. The first-order valence-electron chi connectivity index (χ1n) is 10.5. The first-order chi connectivity index (χ1) is 15.2. The molecule has 1 aliphatic rings. The fourth-order valence-corrected chi connectivity index (χ4v) is 4.82. The van der Waals surface area contributed by atoms with Gasteiger partial charge in [0.25, 0.3) is 5.91 Å². The van der Waals surface area contributed by atoms with Gasteiger partial charge in [0.2, 0.25) is 0 Å². The minimum absolute atomic E-state index is 0.0177. The molecule has 0 N–H and O–H groups in total. The number of anilines is 1. The standard InChI is InChI=1S/C25H28N2O3S/c1-29-23-9-8-22(16-24(23)30-2)27(25(28)20-6-4-3-5-7-20)21-10-13-26(14-11-21)17-19-12-15-31-18-19/h3-9,12,15-16,18,21H,10-11,13-14,17H2,1-2H3. The number of carbonyl (C=O) groups excluding carboxylic acids is 1. The highest BCUT2D eigenvalue weighted by Gasteiger charge is 2.30. The van der Waals surface area contributed by atoms with E-state index < -0.39 is 0 Å². The first kappa shape index (κ1) is 21.4. The van der Waals surface area contributed by atoms with Crippen LogP contribution in [0.5, 0.6) is 11.5 Å². The van der Waals surface area contributed by atoms with Gasteiger partial charge >= 0.3 is 0 Å². The molecule has 1 amide bonds. The van der Waals surface area contributed by atoms with Crippen molar-refractivity contribution in [3.8, 4) is 11.5 Å². The smallest absolute Gasteiger partial charge is 0.258 e. The van der Waals surface area contributed by atoms with E-state index in [1.54, 1.807) is 25.6 Å². The number of hydrogen-bond acceptors (Lipinski definition) is 5. The van der Waals surface area contributed by atoms with Crippen LogP contribution >= 0.6 is 11.3 Å². The number of thiophene rings is 1. The number of likely N-dealkylation sites (tertiary alicyclic amines) is 1. The molecule has 1 saturated heterocycles. The lowest BCUT2D eigenvalue weighted by Gasteiger charge is -2.38. The van der Waals surface area contributed by atoms with E-state index in [1.807, 2.05) is 53.4 Å². The lowest BCUT2D eigenvalue weighted by Crippen LogP contribution is -2.47. The van der Waals surface area contributed by atoms with Crippen LogP contribution in [-0.4, -0.2) is 44.2 Å². The third-order valence-corrected chi connectivity index (χ3v) is 6.53. The Hall–Kier alpha value is -2.83. The summed E-state index contributed by atoms with van der Waals surface area (Å²) in [7, 11) is 3.24. The van der Waals surface area contributed by atoms with Gasteiger partial charge in [-0.15, -0.1) is 0 Å². The van der Waals surface area contributed by atoms with E-state index in [2.05, 4.69) is 21.7 Å². The number of benzene rings is 2. The van der Waals surface area contributed by atoms with E-state index in [1.165, 1.54) is 5.56 Å². The van der Waals surface area contributed by atoms with Crippen LogP contribution in [-0.2, 0) is 6.54 Å². The second-order valence-corrected chi connectivity index (χ2v) is 8.50. The van der Waals surface area contributed by atoms with Crippen LogP contribution in [0.3, 0.4) is 0 Å². The third-order valence-electron chi connectivity index (χ3n) is 5.79. The maximum absolute atomic E-state index is 13.6. The molecule has 2 heterocycles. The Kier molecular flexibility index (Phi) is 6.89. The van der Waals surface area contributed by atoms with E-state index in [0.29, 0.717) is 17.1 Å². The molecular formula is C25H28N2O3S. The monoisotopic (exact) mass is 436 g/mol. The van der Waals surface area contributed by atoms with Crippen molar-refractivity contribution in [3.05, 3.63) is 76.5 Å². The van der Waals surface area contributed by atoms with Crippen molar-refractivity contribution in [2.45, 2.75) is 25.4 Å². The number of methoxy groups -OCH3 is 2. The van der Waals surface area contributed by atoms with Gasteiger partial charge in [0.15, 0.2) is 11.5 Å². The van der Waals surface area contributed by atoms with Crippen molar-refractivity contribution >= 4 is 22.9 Å². The number of rotatable bonds is 7. The molecule has 0 bridgehead atoms. The van der Waals surface area contributed by atoms with Crippen molar-refractivity contribution in [1.82, 2.24) is 4.90 Å². The van der Waals surface area contributed by atoms with Crippen molar-refractivity contribution < 1.29 is 14.3 Å². The Labute approximate surface area is 187 Å². The summed E-state index contributed by atoms with van der Waals surface area (Å²) in [5, 5.41) is 4.33. The molecule has 5 nitrogen and oxygen atoms in total. The van der Waals surface area contributed by atoms with Crippen LogP contribution in [0.1, 0.15) is 28.8 Å². The van der Waals surface area contributed by atoms with Gasteiger partial charge in [-0.3, -0.25) is 9.69 Å². The van der Waals surface area contributed by atoms with Gasteiger partial charge in [-0.1, -0.05) is 18.2 Å². The average Bonchev–Trinajstić information content (AvgIpc) is 3.34. The summed E-state index contributed by atoms with van der Waals surface area (Å²) < 4.78 is 10.9. The summed E-state index contributed by atoms with van der Waals surface area (Å²) in [6, 6.07) is 17.5. The second-order valence-electron chi connectivity index (χ2n) is 7.72. The van der Waals surface area contributed by atoms with Gasteiger partial charge in [0.05, 0.1) is 14.2 Å². The van der Waals surface area contributed by atoms with Gasteiger partial charge in [-0.05, 0) is 59.5 Å². The van der Waals surface area contributed by atoms with Crippen molar-refractivity contribution in [3.63, 3.8) is 0 Å². The Morgan fingerprint density at radius 1 is 1.03 bits per heavy atom. The van der Waals surface area contributed by atoms with E-state index >= 15 is 0 Å². The van der Waals surface area contributed by atoms with Crippen LogP contribution in [0.25, 0.3) is 0 Å². The van der Waals surface area contributed by atoms with Crippen molar-refractivity contribution in [2.75, 3.05) is 32.2 Å². The number of ether oxygens (including phenoxy) is 2. The largest absolute Gasteiger partial charge is 0.493 e. The SMILES string of the molecule is COc1ccc(N(C(=O)c2ccccc2)C2CCN(Cc3ccsc3)CC2)cc1OC.